The monoisotopic (exact) mass is 955 g/mol. The zero-order valence-electron chi connectivity index (χ0n) is 43.2. The number of anilines is 1. The summed E-state index contributed by atoms with van der Waals surface area (Å²) in [6.45, 7) is 12.0. The van der Waals surface area contributed by atoms with E-state index >= 15 is 0 Å². The van der Waals surface area contributed by atoms with Crippen LogP contribution in [-0.4, -0.2) is 80.1 Å². The van der Waals surface area contributed by atoms with Crippen molar-refractivity contribution in [1.29, 1.82) is 0 Å². The third-order valence-corrected chi connectivity index (χ3v) is 15.1. The van der Waals surface area contributed by atoms with Crippen LogP contribution in [0, 0.1) is 0 Å². The number of amides is 1. The molecule has 0 spiro atoms. The Bertz CT molecular complexity index is 1850. The molecule has 0 N–H and O–H groups in total. The molecule has 8 nitrogen and oxygen atoms in total. The Morgan fingerprint density at radius 1 is 0.588 bits per heavy atom. The SMILES string of the molecule is CCCCCCCCCCCCCCCCN(CCCCCCCCCCCCCCCC)C(=O)OCOc1ccc2ccc(OCCCCN3CCN(c4cccc5sccc45)CC3)cc2n1. The molecule has 0 radical (unpaired) electrons. The van der Waals surface area contributed by atoms with Crippen molar-refractivity contribution in [3.63, 3.8) is 0 Å². The van der Waals surface area contributed by atoms with Gasteiger partial charge in [0.05, 0.1) is 12.1 Å². The fourth-order valence-corrected chi connectivity index (χ4v) is 10.7. The predicted molar refractivity (Wildman–Crippen MR) is 291 cm³/mol. The topological polar surface area (TPSA) is 67.4 Å². The fourth-order valence-electron chi connectivity index (χ4n) is 9.86. The summed E-state index contributed by atoms with van der Waals surface area (Å²) in [5.41, 5.74) is 2.18. The van der Waals surface area contributed by atoms with Crippen LogP contribution in [0.5, 0.6) is 11.6 Å². The number of hydrogen-bond acceptors (Lipinski definition) is 8. The van der Waals surface area contributed by atoms with Gasteiger partial charge in [0.15, 0.2) is 0 Å². The quantitative estimate of drug-likeness (QED) is 0.0325. The van der Waals surface area contributed by atoms with Crippen molar-refractivity contribution in [3.05, 3.63) is 60.0 Å². The Labute approximate surface area is 418 Å². The first-order valence-electron chi connectivity index (χ1n) is 28.2. The largest absolute Gasteiger partial charge is 0.494 e. The first-order valence-corrected chi connectivity index (χ1v) is 29.0. The molecule has 4 aromatic rings. The lowest BCUT2D eigenvalue weighted by molar-refractivity contribution is 0.0323. The van der Waals surface area contributed by atoms with Crippen molar-refractivity contribution >= 4 is 44.1 Å². The number of fused-ring (bicyclic) bond motifs is 2. The number of hydrogen-bond donors (Lipinski definition) is 0. The molecule has 0 bridgehead atoms. The van der Waals surface area contributed by atoms with Gasteiger partial charge in [0, 0.05) is 72.6 Å². The maximum Gasteiger partial charge on any atom is 0.412 e. The van der Waals surface area contributed by atoms with Gasteiger partial charge in [0.2, 0.25) is 12.7 Å². The zero-order valence-corrected chi connectivity index (χ0v) is 44.0. The first kappa shape index (κ1) is 55.4. The van der Waals surface area contributed by atoms with E-state index < -0.39 is 0 Å². The van der Waals surface area contributed by atoms with Crippen LogP contribution in [0.15, 0.2) is 60.0 Å². The molecule has 9 heteroatoms. The van der Waals surface area contributed by atoms with Gasteiger partial charge in [-0.3, -0.25) is 4.90 Å². The number of ether oxygens (including phenoxy) is 3. The number of nitrogens with zero attached hydrogens (tertiary/aromatic N) is 4. The molecule has 2 aromatic carbocycles. The Kier molecular flexibility index (Phi) is 28.9. The number of pyridine rings is 1. The predicted octanol–water partition coefficient (Wildman–Crippen LogP) is 17.2. The number of thiophene rings is 1. The van der Waals surface area contributed by atoms with Crippen LogP contribution in [0.25, 0.3) is 21.0 Å². The van der Waals surface area contributed by atoms with Crippen LogP contribution in [0.2, 0.25) is 0 Å². The van der Waals surface area contributed by atoms with E-state index in [4.69, 9.17) is 19.2 Å². The molecule has 0 unspecified atom stereocenters. The van der Waals surface area contributed by atoms with Gasteiger partial charge in [-0.2, -0.15) is 0 Å². The Balaban J connectivity index is 0.956. The van der Waals surface area contributed by atoms with E-state index in [2.05, 4.69) is 53.3 Å². The second-order valence-electron chi connectivity index (χ2n) is 19.8. The third kappa shape index (κ3) is 22.5. The Hall–Kier alpha value is -3.56. The van der Waals surface area contributed by atoms with E-state index in [1.807, 2.05) is 46.6 Å². The number of benzene rings is 2. The summed E-state index contributed by atoms with van der Waals surface area (Å²) in [6, 6.07) is 18.8. The summed E-state index contributed by atoms with van der Waals surface area (Å²) in [4.78, 5) is 25.2. The summed E-state index contributed by atoms with van der Waals surface area (Å²) in [7, 11) is 0. The molecule has 1 fully saturated rings. The van der Waals surface area contributed by atoms with Gasteiger partial charge in [0.25, 0.3) is 0 Å². The van der Waals surface area contributed by atoms with E-state index in [9.17, 15) is 4.79 Å². The molecule has 380 valence electrons. The maximum atomic E-state index is 13.4. The minimum atomic E-state index is -0.278. The van der Waals surface area contributed by atoms with Crippen LogP contribution in [0.1, 0.15) is 206 Å². The lowest BCUT2D eigenvalue weighted by Crippen LogP contribution is -2.46. The summed E-state index contributed by atoms with van der Waals surface area (Å²) in [5.74, 6) is 1.26. The lowest BCUT2D eigenvalue weighted by atomic mass is 10.0. The Morgan fingerprint density at radius 2 is 1.13 bits per heavy atom. The lowest BCUT2D eigenvalue weighted by Gasteiger charge is -2.36. The molecule has 0 saturated carbocycles. The molecule has 2 aromatic heterocycles. The van der Waals surface area contributed by atoms with Crippen molar-refractivity contribution in [2.45, 2.75) is 206 Å². The molecular weight excluding hydrogens is 861 g/mol. The van der Waals surface area contributed by atoms with Gasteiger partial charge in [0.1, 0.15) is 5.75 Å². The van der Waals surface area contributed by atoms with Crippen LogP contribution >= 0.6 is 11.3 Å². The number of piperazine rings is 1. The summed E-state index contributed by atoms with van der Waals surface area (Å²) in [6.07, 6.45) is 39.0. The second kappa shape index (κ2) is 35.5. The van der Waals surface area contributed by atoms with E-state index in [1.165, 1.54) is 170 Å². The third-order valence-electron chi connectivity index (χ3n) is 14.2. The van der Waals surface area contributed by atoms with Crippen molar-refractivity contribution in [1.82, 2.24) is 14.8 Å². The fraction of sp³-hybridized carbons (Fsp3) is 0.695. The van der Waals surface area contributed by atoms with Crippen LogP contribution in [0.3, 0.4) is 0 Å². The van der Waals surface area contributed by atoms with E-state index in [0.29, 0.717) is 12.5 Å². The normalized spacial score (nSPS) is 13.2. The van der Waals surface area contributed by atoms with Gasteiger partial charge in [-0.15, -0.1) is 11.3 Å². The van der Waals surface area contributed by atoms with Crippen molar-refractivity contribution < 1.29 is 19.0 Å². The highest BCUT2D eigenvalue weighted by atomic mass is 32.1. The highest BCUT2D eigenvalue weighted by Gasteiger charge is 2.19. The summed E-state index contributed by atoms with van der Waals surface area (Å²) < 4.78 is 19.2. The molecule has 68 heavy (non-hydrogen) atoms. The highest BCUT2D eigenvalue weighted by Crippen LogP contribution is 2.31. The van der Waals surface area contributed by atoms with Crippen molar-refractivity contribution in [3.8, 4) is 11.6 Å². The Morgan fingerprint density at radius 3 is 1.71 bits per heavy atom. The minimum absolute atomic E-state index is 0.152. The molecule has 3 heterocycles. The van der Waals surface area contributed by atoms with Crippen molar-refractivity contribution in [2.24, 2.45) is 0 Å². The number of aromatic nitrogens is 1. The minimum Gasteiger partial charge on any atom is -0.494 e. The highest BCUT2D eigenvalue weighted by molar-refractivity contribution is 7.17. The van der Waals surface area contributed by atoms with Crippen LogP contribution < -0.4 is 14.4 Å². The van der Waals surface area contributed by atoms with Crippen LogP contribution in [0.4, 0.5) is 10.5 Å². The van der Waals surface area contributed by atoms with E-state index in [-0.39, 0.29) is 12.9 Å². The zero-order chi connectivity index (χ0) is 47.5. The van der Waals surface area contributed by atoms with Gasteiger partial charge in [-0.25, -0.2) is 9.78 Å². The molecule has 0 aliphatic carbocycles. The molecule has 1 amide bonds. The molecule has 5 rings (SSSR count). The van der Waals surface area contributed by atoms with Gasteiger partial charge in [-0.1, -0.05) is 187 Å². The summed E-state index contributed by atoms with van der Waals surface area (Å²) in [5, 5.41) is 4.60. The molecule has 1 saturated heterocycles. The van der Waals surface area contributed by atoms with Crippen molar-refractivity contribution in [2.75, 3.05) is 64.1 Å². The smallest absolute Gasteiger partial charge is 0.412 e. The van der Waals surface area contributed by atoms with Gasteiger partial charge in [-0.05, 0) is 74.0 Å². The van der Waals surface area contributed by atoms with Gasteiger partial charge < -0.3 is 24.0 Å². The van der Waals surface area contributed by atoms with Gasteiger partial charge >= 0.3 is 6.09 Å². The van der Waals surface area contributed by atoms with E-state index in [0.717, 1.165) is 101 Å². The number of carbonyl (C=O) groups excluding carboxylic acids is 1. The number of rotatable bonds is 40. The summed E-state index contributed by atoms with van der Waals surface area (Å²) >= 11 is 1.82. The number of carbonyl (C=O) groups is 1. The molecule has 0 atom stereocenters. The first-order chi connectivity index (χ1) is 33.6. The average Bonchev–Trinajstić information content (AvgIpc) is 3.85. The van der Waals surface area contributed by atoms with E-state index in [1.54, 1.807) is 0 Å². The molecule has 1 aliphatic heterocycles. The second-order valence-corrected chi connectivity index (χ2v) is 20.8. The van der Waals surface area contributed by atoms with Crippen LogP contribution in [-0.2, 0) is 4.74 Å². The molecular formula is C59H94N4O4S. The molecule has 1 aliphatic rings. The average molecular weight is 955 g/mol. The standard InChI is InChI=1S/C59H94N4O4S/c1-3-5-7-9-11-13-15-17-19-21-23-25-27-29-42-63(43-30-28-26-24-22-20-18-16-14-12-10-8-6-4-2)59(64)67-51-66-58-39-37-52-36-38-53(50-55(52)60-58)65-48-32-31-41-61-44-46-62(47-45-61)56-34-33-35-57-54(56)40-49-68-57/h33-40,49-50H,3-32,41-48,51H2,1-2H3. The number of unbranched alkanes of at least 4 members (excludes halogenated alkanes) is 27. The maximum absolute atomic E-state index is 13.4.